The minimum absolute atomic E-state index is 0.0502. The molecule has 2 heterocycles. The van der Waals surface area contributed by atoms with Gasteiger partial charge in [0.25, 0.3) is 0 Å². The number of allylic oxidation sites excluding steroid dienone is 10. The standard InChI is InChI=1S/C59H45NO2/c1-2-13-27-47-41(21-6-1)25-16-26-46(35-50(47)42-22-11-5-12-23-42)49-32-29-43-24-14-15-28-48(43)51-38-56-58-59(57(49)51)62-55-37-45(40-19-9-4-10-20-40)31-34-53(55)60(58)52-33-30-44(36-54(52)61-56)39-17-7-3-8-18-39/h2-5,7-15,17-24,26-28,30-31,33-38,49H,1,6,16,25,29,32H2/b13-2?,41-21-,46-26+,47-27?,50-35-. The van der Waals surface area contributed by atoms with Gasteiger partial charge in [-0.3, -0.25) is 4.90 Å². The minimum atomic E-state index is 0.0502. The highest BCUT2D eigenvalue weighted by molar-refractivity contribution is 5.99. The van der Waals surface area contributed by atoms with Gasteiger partial charge in [0.2, 0.25) is 0 Å². The molecule has 0 amide bonds. The van der Waals surface area contributed by atoms with E-state index in [0.29, 0.717) is 0 Å². The topological polar surface area (TPSA) is 21.7 Å². The molecule has 0 N–H and O–H groups in total. The average molecular weight is 800 g/mol. The van der Waals surface area contributed by atoms with Crippen LogP contribution in [-0.2, 0) is 6.42 Å². The third-order valence-electron chi connectivity index (χ3n) is 13.2. The molecule has 0 spiro atoms. The van der Waals surface area contributed by atoms with Crippen LogP contribution < -0.4 is 14.4 Å². The summed E-state index contributed by atoms with van der Waals surface area (Å²) in [4.78, 5) is 2.40. The highest BCUT2D eigenvalue weighted by Gasteiger charge is 2.41. The third-order valence-corrected chi connectivity index (χ3v) is 13.2. The number of hydrogen-bond donors (Lipinski definition) is 0. The summed E-state index contributed by atoms with van der Waals surface area (Å²) in [5, 5.41) is 0. The Morgan fingerprint density at radius 3 is 1.89 bits per heavy atom. The number of nitrogens with zero attached hydrogens (tertiary/aromatic N) is 1. The van der Waals surface area contributed by atoms with Crippen molar-refractivity contribution in [3.63, 3.8) is 0 Å². The predicted molar refractivity (Wildman–Crippen MR) is 255 cm³/mol. The molecule has 1 unspecified atom stereocenters. The maximum atomic E-state index is 7.47. The average Bonchev–Trinajstić information content (AvgIpc) is 3.48. The van der Waals surface area contributed by atoms with E-state index in [0.717, 1.165) is 101 Å². The van der Waals surface area contributed by atoms with Gasteiger partial charge in [-0.05, 0) is 136 Å². The number of aryl methyl sites for hydroxylation is 1. The molecule has 3 heteroatoms. The van der Waals surface area contributed by atoms with E-state index < -0.39 is 0 Å². The Balaban J connectivity index is 1.10. The van der Waals surface area contributed by atoms with E-state index in [4.69, 9.17) is 9.47 Å². The molecular weight excluding hydrogens is 755 g/mol. The summed E-state index contributed by atoms with van der Waals surface area (Å²) in [5.41, 5.74) is 19.1. The molecule has 3 aliphatic carbocycles. The van der Waals surface area contributed by atoms with Crippen LogP contribution in [0.4, 0.5) is 17.1 Å². The van der Waals surface area contributed by atoms with Gasteiger partial charge in [-0.1, -0.05) is 164 Å². The quantitative estimate of drug-likeness (QED) is 0.177. The molecule has 3 nitrogen and oxygen atoms in total. The smallest absolute Gasteiger partial charge is 0.159 e. The Hall–Kier alpha value is -7.36. The minimum Gasteiger partial charge on any atom is -0.453 e. The second-order valence-electron chi connectivity index (χ2n) is 16.9. The number of rotatable bonds is 4. The van der Waals surface area contributed by atoms with E-state index >= 15 is 0 Å². The summed E-state index contributed by atoms with van der Waals surface area (Å²) in [7, 11) is 0. The van der Waals surface area contributed by atoms with Crippen LogP contribution in [0.3, 0.4) is 0 Å². The Morgan fingerprint density at radius 1 is 0.500 bits per heavy atom. The number of benzene rings is 7. The van der Waals surface area contributed by atoms with Crippen LogP contribution in [0.1, 0.15) is 54.7 Å². The lowest BCUT2D eigenvalue weighted by atomic mass is 9.78. The van der Waals surface area contributed by atoms with E-state index in [9.17, 15) is 0 Å². The lowest BCUT2D eigenvalue weighted by molar-refractivity contribution is 0.440. The zero-order valence-electron chi connectivity index (χ0n) is 34.6. The third kappa shape index (κ3) is 6.27. The summed E-state index contributed by atoms with van der Waals surface area (Å²) >= 11 is 0. The largest absolute Gasteiger partial charge is 0.453 e. The highest BCUT2D eigenvalue weighted by Crippen LogP contribution is 2.65. The van der Waals surface area contributed by atoms with E-state index in [2.05, 4.69) is 199 Å². The fourth-order valence-corrected chi connectivity index (χ4v) is 10.3. The normalized spacial score (nSPS) is 19.5. The van der Waals surface area contributed by atoms with Crippen LogP contribution in [0.5, 0.6) is 23.0 Å². The Morgan fingerprint density at radius 2 is 1.16 bits per heavy atom. The first kappa shape index (κ1) is 36.5. The summed E-state index contributed by atoms with van der Waals surface area (Å²) < 4.78 is 14.6. The Labute approximate surface area is 363 Å². The molecule has 62 heavy (non-hydrogen) atoms. The zero-order chi connectivity index (χ0) is 41.0. The second-order valence-corrected chi connectivity index (χ2v) is 16.9. The van der Waals surface area contributed by atoms with Gasteiger partial charge in [-0.15, -0.1) is 0 Å². The molecule has 2 aliphatic heterocycles. The van der Waals surface area contributed by atoms with Crippen molar-refractivity contribution in [2.45, 2.75) is 44.4 Å². The molecule has 0 saturated carbocycles. The number of anilines is 3. The molecule has 0 radical (unpaired) electrons. The molecular formula is C59H45NO2. The summed E-state index contributed by atoms with van der Waals surface area (Å²) in [5.74, 6) is 3.39. The lowest BCUT2D eigenvalue weighted by Gasteiger charge is -2.40. The molecule has 0 aromatic heterocycles. The van der Waals surface area contributed by atoms with Crippen molar-refractivity contribution in [2.75, 3.05) is 4.90 Å². The molecule has 1 atom stereocenters. The van der Waals surface area contributed by atoms with Gasteiger partial charge in [0.1, 0.15) is 5.69 Å². The van der Waals surface area contributed by atoms with E-state index in [1.165, 1.54) is 50.1 Å². The Kier molecular flexibility index (Phi) is 8.99. The van der Waals surface area contributed by atoms with Crippen molar-refractivity contribution in [1.29, 1.82) is 0 Å². The van der Waals surface area contributed by atoms with Crippen molar-refractivity contribution in [1.82, 2.24) is 0 Å². The van der Waals surface area contributed by atoms with Crippen molar-refractivity contribution >= 4 is 22.6 Å². The lowest BCUT2D eigenvalue weighted by Crippen LogP contribution is -2.22. The highest BCUT2D eigenvalue weighted by atomic mass is 16.5. The fourth-order valence-electron chi connectivity index (χ4n) is 10.3. The van der Waals surface area contributed by atoms with Gasteiger partial charge < -0.3 is 9.47 Å². The molecule has 7 aromatic rings. The Bertz CT molecular complexity index is 3050. The van der Waals surface area contributed by atoms with E-state index in [-0.39, 0.29) is 5.92 Å². The first-order chi connectivity index (χ1) is 30.7. The number of hydrogen-bond acceptors (Lipinski definition) is 3. The summed E-state index contributed by atoms with van der Waals surface area (Å²) in [6.45, 7) is 0. The van der Waals surface area contributed by atoms with Gasteiger partial charge in [0, 0.05) is 11.5 Å². The molecule has 12 rings (SSSR count). The maximum Gasteiger partial charge on any atom is 0.159 e. The predicted octanol–water partition coefficient (Wildman–Crippen LogP) is 16.4. The number of fused-ring (bicyclic) bond motifs is 9. The van der Waals surface area contributed by atoms with Crippen LogP contribution in [-0.4, -0.2) is 0 Å². The van der Waals surface area contributed by atoms with Crippen LogP contribution in [0.2, 0.25) is 0 Å². The first-order valence-corrected chi connectivity index (χ1v) is 22.1. The van der Waals surface area contributed by atoms with E-state index in [1.54, 1.807) is 0 Å². The van der Waals surface area contributed by atoms with Crippen LogP contribution >= 0.6 is 0 Å². The second kappa shape index (κ2) is 15.3. The van der Waals surface area contributed by atoms with Gasteiger partial charge in [0.15, 0.2) is 23.0 Å². The zero-order valence-corrected chi connectivity index (χ0v) is 34.6. The van der Waals surface area contributed by atoms with Gasteiger partial charge >= 0.3 is 0 Å². The summed E-state index contributed by atoms with van der Waals surface area (Å²) in [6.07, 6.45) is 20.4. The van der Waals surface area contributed by atoms with Crippen molar-refractivity contribution in [3.05, 3.63) is 228 Å². The van der Waals surface area contributed by atoms with Crippen molar-refractivity contribution in [2.24, 2.45) is 0 Å². The van der Waals surface area contributed by atoms with Crippen molar-refractivity contribution < 1.29 is 9.47 Å². The van der Waals surface area contributed by atoms with Crippen LogP contribution in [0.25, 0.3) is 39.0 Å². The van der Waals surface area contributed by atoms with Crippen LogP contribution in [0.15, 0.2) is 211 Å². The summed E-state index contributed by atoms with van der Waals surface area (Å²) in [6, 6.07) is 56.7. The fraction of sp³-hybridized carbons (Fsp3) is 0.119. The van der Waals surface area contributed by atoms with Gasteiger partial charge in [0.05, 0.1) is 11.4 Å². The van der Waals surface area contributed by atoms with Gasteiger partial charge in [-0.2, -0.15) is 0 Å². The number of ether oxygens (including phenoxy) is 2. The molecule has 5 aliphatic rings. The first-order valence-electron chi connectivity index (χ1n) is 22.1. The monoisotopic (exact) mass is 799 g/mol. The maximum absolute atomic E-state index is 7.47. The molecule has 0 fully saturated rings. The molecule has 298 valence electrons. The van der Waals surface area contributed by atoms with Gasteiger partial charge in [-0.25, -0.2) is 0 Å². The molecule has 0 saturated heterocycles. The van der Waals surface area contributed by atoms with Crippen LogP contribution in [0, 0.1) is 0 Å². The molecule has 7 aromatic carbocycles. The SMILES string of the molecule is C1=CCC/C=C2/CC/C=C(C3CCc4ccccc4-c4cc5c6c(c43)Oc3cc(-c4ccccc4)ccc3N6c3ccc(-c4ccccc4)cc3O5)\C=C(\c3ccccc3)C2=C1. The van der Waals surface area contributed by atoms with Crippen molar-refractivity contribution in [3.8, 4) is 56.4 Å². The molecule has 0 bridgehead atoms. The van der Waals surface area contributed by atoms with E-state index in [1.807, 2.05) is 0 Å².